The average molecular weight is 784 g/mol. The molecule has 1 heteroatoms. The first-order valence-electron chi connectivity index (χ1n) is 21.7. The van der Waals surface area contributed by atoms with Crippen LogP contribution >= 0.6 is 0 Å². The normalized spacial score (nSPS) is 13.3. The van der Waals surface area contributed by atoms with E-state index in [-0.39, 0.29) is 0 Å². The van der Waals surface area contributed by atoms with Crippen LogP contribution in [0.4, 0.5) is 17.1 Å². The summed E-state index contributed by atoms with van der Waals surface area (Å²) in [5.41, 5.74) is 21.2. The molecule has 0 N–H and O–H groups in total. The molecule has 0 aliphatic heterocycles. The van der Waals surface area contributed by atoms with Crippen molar-refractivity contribution in [3.8, 4) is 55.6 Å². The summed E-state index contributed by atoms with van der Waals surface area (Å²) < 4.78 is 0. The highest BCUT2D eigenvalue weighted by atomic mass is 15.1. The zero-order valence-corrected chi connectivity index (χ0v) is 33.8. The average Bonchev–Trinajstić information content (AvgIpc) is 3.95. The first kappa shape index (κ1) is 33.8. The van der Waals surface area contributed by atoms with Crippen molar-refractivity contribution in [1.29, 1.82) is 0 Å². The van der Waals surface area contributed by atoms with Gasteiger partial charge in [0.1, 0.15) is 0 Å². The molecule has 0 fully saturated rings. The highest BCUT2D eigenvalue weighted by molar-refractivity contribution is 6.19. The van der Waals surface area contributed by atoms with Crippen molar-refractivity contribution in [1.82, 2.24) is 0 Å². The fraction of sp³-hybridized carbons (Fsp3) is 0.0164. The first-order chi connectivity index (χ1) is 30.8. The maximum absolute atomic E-state index is 2.51. The van der Waals surface area contributed by atoms with E-state index in [9.17, 15) is 0 Å². The van der Waals surface area contributed by atoms with Crippen LogP contribution in [0.2, 0.25) is 0 Å². The lowest BCUT2D eigenvalue weighted by atomic mass is 9.70. The Balaban J connectivity index is 0.999. The second kappa shape index (κ2) is 12.5. The molecular formula is C61H37N. The molecule has 1 nitrogen and oxygen atoms in total. The largest absolute Gasteiger partial charge is 0.310 e. The van der Waals surface area contributed by atoms with E-state index < -0.39 is 5.41 Å². The summed E-state index contributed by atoms with van der Waals surface area (Å²) in [4.78, 5) is 2.51. The second-order valence-electron chi connectivity index (χ2n) is 17.1. The Bertz CT molecular complexity index is 3610. The molecular weight excluding hydrogens is 747 g/mol. The van der Waals surface area contributed by atoms with E-state index in [4.69, 9.17) is 0 Å². The van der Waals surface area contributed by atoms with Gasteiger partial charge in [-0.25, -0.2) is 0 Å². The maximum Gasteiger partial charge on any atom is 0.0726 e. The van der Waals surface area contributed by atoms with Gasteiger partial charge >= 0.3 is 0 Å². The Labute approximate surface area is 360 Å². The van der Waals surface area contributed by atoms with Gasteiger partial charge in [-0.15, -0.1) is 0 Å². The van der Waals surface area contributed by atoms with Crippen molar-refractivity contribution < 1.29 is 0 Å². The van der Waals surface area contributed by atoms with Gasteiger partial charge in [-0.3, -0.25) is 0 Å². The van der Waals surface area contributed by atoms with Crippen molar-refractivity contribution in [3.63, 3.8) is 0 Å². The van der Waals surface area contributed by atoms with Crippen LogP contribution in [0, 0.1) is 0 Å². The van der Waals surface area contributed by atoms with Crippen molar-refractivity contribution >= 4 is 49.4 Å². The van der Waals surface area contributed by atoms with E-state index in [1.165, 1.54) is 116 Å². The van der Waals surface area contributed by atoms with Crippen LogP contribution in [0.5, 0.6) is 0 Å². The molecule has 0 heterocycles. The van der Waals surface area contributed by atoms with Gasteiger partial charge in [0.25, 0.3) is 0 Å². The van der Waals surface area contributed by atoms with E-state index in [0.29, 0.717) is 0 Å². The number of fused-ring (bicyclic) bond motifs is 16. The summed E-state index contributed by atoms with van der Waals surface area (Å²) >= 11 is 0. The van der Waals surface area contributed by atoms with Gasteiger partial charge < -0.3 is 4.90 Å². The van der Waals surface area contributed by atoms with E-state index in [2.05, 4.69) is 229 Å². The highest BCUT2D eigenvalue weighted by Gasteiger charge is 2.51. The maximum atomic E-state index is 2.51. The minimum absolute atomic E-state index is 0.436. The summed E-state index contributed by atoms with van der Waals surface area (Å²) in [5, 5.41) is 7.65. The quantitative estimate of drug-likeness (QED) is 0.161. The van der Waals surface area contributed by atoms with Gasteiger partial charge in [-0.1, -0.05) is 188 Å². The monoisotopic (exact) mass is 783 g/mol. The minimum Gasteiger partial charge on any atom is -0.310 e. The van der Waals surface area contributed by atoms with Crippen molar-refractivity contribution in [2.24, 2.45) is 0 Å². The Morgan fingerprint density at radius 3 is 1.45 bits per heavy atom. The molecule has 1 spiro atoms. The molecule has 0 aromatic heterocycles. The SMILES string of the molecule is c1ccc2c(c1)-c1cccc3c(N(c4ccc(-c5ccc6ccc7ccccc7c6c5)cc4)c4ccc5c(c4)C4(c6ccccc6-c6ccccc64)c4ccccc4-5)ccc-2c13. The molecule has 3 aliphatic rings. The zero-order valence-electron chi connectivity index (χ0n) is 33.8. The van der Waals surface area contributed by atoms with Crippen LogP contribution in [0.3, 0.4) is 0 Å². The van der Waals surface area contributed by atoms with Crippen LogP contribution in [-0.4, -0.2) is 0 Å². The molecule has 0 amide bonds. The fourth-order valence-corrected chi connectivity index (χ4v) is 11.6. The lowest BCUT2D eigenvalue weighted by molar-refractivity contribution is 0.793. The van der Waals surface area contributed by atoms with Gasteiger partial charge in [0.15, 0.2) is 0 Å². The number of anilines is 3. The summed E-state index contributed by atoms with van der Waals surface area (Å²) in [7, 11) is 0. The predicted octanol–water partition coefficient (Wildman–Crippen LogP) is 16.3. The van der Waals surface area contributed by atoms with E-state index in [1.54, 1.807) is 0 Å². The van der Waals surface area contributed by atoms with Gasteiger partial charge in [0.05, 0.1) is 11.1 Å². The molecule has 0 saturated heterocycles. The van der Waals surface area contributed by atoms with Crippen LogP contribution in [-0.2, 0) is 5.41 Å². The number of hydrogen-bond acceptors (Lipinski definition) is 1. The molecule has 62 heavy (non-hydrogen) atoms. The lowest BCUT2D eigenvalue weighted by Gasteiger charge is -2.32. The van der Waals surface area contributed by atoms with Crippen LogP contribution in [0.25, 0.3) is 88.0 Å². The minimum atomic E-state index is -0.436. The predicted molar refractivity (Wildman–Crippen MR) is 260 cm³/mol. The zero-order chi connectivity index (χ0) is 40.5. The molecule has 0 atom stereocenters. The first-order valence-corrected chi connectivity index (χ1v) is 21.7. The molecule has 0 saturated carbocycles. The Morgan fingerprint density at radius 1 is 0.274 bits per heavy atom. The number of nitrogens with zero attached hydrogens (tertiary/aromatic N) is 1. The highest BCUT2D eigenvalue weighted by Crippen LogP contribution is 2.63. The molecule has 14 rings (SSSR count). The van der Waals surface area contributed by atoms with Crippen LogP contribution < -0.4 is 4.90 Å². The molecule has 0 unspecified atom stereocenters. The third kappa shape index (κ3) is 4.42. The molecule has 11 aromatic rings. The van der Waals surface area contributed by atoms with E-state index in [0.717, 1.165) is 11.4 Å². The fourth-order valence-electron chi connectivity index (χ4n) is 11.6. The summed E-state index contributed by atoms with van der Waals surface area (Å²) in [6.45, 7) is 0. The van der Waals surface area contributed by atoms with Gasteiger partial charge in [-0.2, -0.15) is 0 Å². The van der Waals surface area contributed by atoms with E-state index >= 15 is 0 Å². The van der Waals surface area contributed by atoms with Gasteiger partial charge in [0.2, 0.25) is 0 Å². The third-order valence-electron chi connectivity index (χ3n) is 14.2. The topological polar surface area (TPSA) is 3.24 Å². The smallest absolute Gasteiger partial charge is 0.0726 e. The second-order valence-corrected chi connectivity index (χ2v) is 17.1. The van der Waals surface area contributed by atoms with E-state index in [1.807, 2.05) is 0 Å². The molecule has 0 radical (unpaired) electrons. The third-order valence-corrected chi connectivity index (χ3v) is 14.2. The van der Waals surface area contributed by atoms with Crippen molar-refractivity contribution in [3.05, 3.63) is 247 Å². The summed E-state index contributed by atoms with van der Waals surface area (Å²) in [5.74, 6) is 0. The standard InChI is InChI=1S/C61H37N/c1-2-13-44-39(12-1)24-25-40-26-27-41(36-54(40)44)38-28-30-42(31-29-38)62(59-35-34-52-46-15-4-3-14-45(46)51-19-11-20-53(59)60(51)52)43-32-33-50-49-18-7-10-23-57(49)61(58(50)37-43)55-21-8-5-16-47(55)48-17-6-9-22-56(48)61/h1-37H. The van der Waals surface area contributed by atoms with Crippen LogP contribution in [0.15, 0.2) is 224 Å². The Kier molecular flexibility index (Phi) is 6.82. The van der Waals surface area contributed by atoms with Gasteiger partial charge in [0, 0.05) is 16.8 Å². The van der Waals surface area contributed by atoms with Crippen molar-refractivity contribution in [2.45, 2.75) is 5.41 Å². The number of benzene rings is 11. The summed E-state index contributed by atoms with van der Waals surface area (Å²) in [6.07, 6.45) is 0. The molecule has 3 aliphatic carbocycles. The Morgan fingerprint density at radius 2 is 0.758 bits per heavy atom. The number of rotatable bonds is 4. The molecule has 0 bridgehead atoms. The molecule has 11 aromatic carbocycles. The lowest BCUT2D eigenvalue weighted by Crippen LogP contribution is -2.26. The summed E-state index contributed by atoms with van der Waals surface area (Å²) in [6, 6.07) is 84.2. The van der Waals surface area contributed by atoms with Gasteiger partial charge in [-0.05, 0) is 141 Å². The molecule has 286 valence electrons. The van der Waals surface area contributed by atoms with Crippen LogP contribution in [0.1, 0.15) is 22.3 Å². The van der Waals surface area contributed by atoms with Crippen molar-refractivity contribution in [2.75, 3.05) is 4.90 Å². The number of hydrogen-bond donors (Lipinski definition) is 0. The Hall–Kier alpha value is -8.00.